The Hall–Kier alpha value is -3.67. The molecule has 1 unspecified atom stereocenters. The maximum Gasteiger partial charge on any atom is 0.319 e. The average molecular weight is 583 g/mol. The van der Waals surface area contributed by atoms with Crippen molar-refractivity contribution < 1.29 is 14.3 Å². The van der Waals surface area contributed by atoms with Crippen LogP contribution in [0.2, 0.25) is 10.0 Å². The molecule has 13 heteroatoms. The maximum atomic E-state index is 12.2. The molecule has 6 rings (SSSR count). The summed E-state index contributed by atoms with van der Waals surface area (Å²) < 4.78 is 12.7. The largest absolute Gasteiger partial charge is 0.458 e. The number of nitrogens with zero attached hydrogens (tertiary/aromatic N) is 7. The zero-order valence-corrected chi connectivity index (χ0v) is 23.6. The number of hydrogen-bond donors (Lipinski definition) is 1. The van der Waals surface area contributed by atoms with E-state index in [2.05, 4.69) is 45.5 Å². The third-order valence-corrected chi connectivity index (χ3v) is 8.15. The highest BCUT2D eigenvalue weighted by Gasteiger charge is 2.31. The number of nitrogens with one attached hydrogen (secondary N) is 1. The third kappa shape index (κ3) is 4.89. The highest BCUT2D eigenvalue weighted by Crippen LogP contribution is 2.42. The van der Waals surface area contributed by atoms with E-state index in [-0.39, 0.29) is 28.9 Å². The van der Waals surface area contributed by atoms with Crippen LogP contribution < -0.4 is 14.4 Å². The zero-order chi connectivity index (χ0) is 28.0. The van der Waals surface area contributed by atoms with Crippen LogP contribution in [-0.2, 0) is 4.79 Å². The molecule has 0 saturated carbocycles. The summed E-state index contributed by atoms with van der Waals surface area (Å²) >= 11 is 13.0. The van der Waals surface area contributed by atoms with E-state index in [1.807, 2.05) is 6.07 Å². The van der Waals surface area contributed by atoms with Crippen LogP contribution in [0, 0.1) is 5.92 Å². The summed E-state index contributed by atoms with van der Waals surface area (Å²) in [5.41, 5.74) is 1.15. The number of fused-ring (bicyclic) bond motifs is 2. The minimum atomic E-state index is -0.0839. The number of anilines is 1. The van der Waals surface area contributed by atoms with Crippen molar-refractivity contribution in [1.29, 1.82) is 0 Å². The summed E-state index contributed by atoms with van der Waals surface area (Å²) in [7, 11) is 2.07. The molecule has 3 aromatic heterocycles. The molecular formula is C27H28Cl2N8O3. The predicted octanol–water partition coefficient (Wildman–Crippen LogP) is 4.16. The van der Waals surface area contributed by atoms with Crippen molar-refractivity contribution in [2.45, 2.75) is 13.0 Å². The summed E-state index contributed by atoms with van der Waals surface area (Å²) in [5, 5.41) is 8.94. The van der Waals surface area contributed by atoms with E-state index in [1.54, 1.807) is 23.4 Å². The number of pyridine rings is 1. The monoisotopic (exact) mass is 582 g/mol. The molecule has 208 valence electrons. The van der Waals surface area contributed by atoms with Crippen molar-refractivity contribution in [3.63, 3.8) is 0 Å². The molecule has 0 radical (unpaired) electrons. The minimum absolute atomic E-state index is 0.0636. The van der Waals surface area contributed by atoms with Gasteiger partial charge in [-0.2, -0.15) is 15.1 Å². The fourth-order valence-corrected chi connectivity index (χ4v) is 5.68. The van der Waals surface area contributed by atoms with Crippen molar-refractivity contribution >= 4 is 56.7 Å². The first-order valence-corrected chi connectivity index (χ1v) is 13.7. The van der Waals surface area contributed by atoms with Crippen LogP contribution >= 0.6 is 23.2 Å². The van der Waals surface area contributed by atoms with Gasteiger partial charge in [0.1, 0.15) is 22.5 Å². The first kappa shape index (κ1) is 26.5. The zero-order valence-electron chi connectivity index (χ0n) is 22.1. The summed E-state index contributed by atoms with van der Waals surface area (Å²) in [5.74, 6) is 1.46. The Labute approximate surface area is 240 Å². The number of likely N-dealkylation sites (N-methyl/N-ethyl adjacent to an activating group) is 1. The molecule has 1 amide bonds. The van der Waals surface area contributed by atoms with Gasteiger partial charge in [0.15, 0.2) is 5.75 Å². The number of likely N-dealkylation sites (tertiary alicyclic amines) is 1. The fourth-order valence-electron chi connectivity index (χ4n) is 5.29. The molecule has 2 fully saturated rings. The van der Waals surface area contributed by atoms with Gasteiger partial charge in [-0.25, -0.2) is 4.98 Å². The molecule has 5 heterocycles. The third-order valence-electron chi connectivity index (χ3n) is 7.38. The van der Waals surface area contributed by atoms with E-state index in [1.165, 1.54) is 6.08 Å². The number of halogens is 2. The Bertz CT molecular complexity index is 1600. The molecule has 0 aliphatic carbocycles. The molecule has 11 nitrogen and oxygen atoms in total. The molecule has 1 aromatic carbocycles. The summed E-state index contributed by atoms with van der Waals surface area (Å²) in [6.45, 7) is 9.71. The van der Waals surface area contributed by atoms with Crippen LogP contribution in [-0.4, -0.2) is 93.3 Å². The van der Waals surface area contributed by atoms with Crippen LogP contribution in [0.1, 0.15) is 6.92 Å². The number of rotatable bonds is 6. The summed E-state index contributed by atoms with van der Waals surface area (Å²) in [6, 6.07) is 3.78. The topological polar surface area (TPSA) is 113 Å². The number of ether oxygens (including phenoxy) is 2. The fraction of sp³-hybridized carbons (Fsp3) is 0.370. The van der Waals surface area contributed by atoms with Gasteiger partial charge in [0.25, 0.3) is 0 Å². The van der Waals surface area contributed by atoms with E-state index in [0.29, 0.717) is 65.1 Å². The predicted molar refractivity (Wildman–Crippen MR) is 154 cm³/mol. The van der Waals surface area contributed by atoms with Crippen molar-refractivity contribution in [2.75, 3.05) is 51.2 Å². The number of carbonyl (C=O) groups excluding carboxylic acids is 1. The lowest BCUT2D eigenvalue weighted by Gasteiger charge is -2.35. The molecule has 2 aliphatic rings. The van der Waals surface area contributed by atoms with Gasteiger partial charge in [-0.3, -0.25) is 9.89 Å². The molecule has 2 atom stereocenters. The van der Waals surface area contributed by atoms with E-state index in [0.717, 1.165) is 18.5 Å². The maximum absolute atomic E-state index is 12.2. The van der Waals surface area contributed by atoms with Crippen LogP contribution in [0.3, 0.4) is 0 Å². The Morgan fingerprint density at radius 2 is 1.98 bits per heavy atom. The summed E-state index contributed by atoms with van der Waals surface area (Å²) in [6.07, 6.45) is 4.54. The van der Waals surface area contributed by atoms with Crippen LogP contribution in [0.5, 0.6) is 17.6 Å². The second kappa shape index (κ2) is 10.7. The molecular weight excluding hydrogens is 555 g/mol. The van der Waals surface area contributed by atoms with Gasteiger partial charge in [0.05, 0.1) is 27.5 Å². The highest BCUT2D eigenvalue weighted by molar-refractivity contribution is 6.44. The lowest BCUT2D eigenvalue weighted by molar-refractivity contribution is -0.126. The van der Waals surface area contributed by atoms with Crippen molar-refractivity contribution in [1.82, 2.24) is 34.9 Å². The van der Waals surface area contributed by atoms with E-state index < -0.39 is 0 Å². The molecule has 4 aromatic rings. The van der Waals surface area contributed by atoms with Crippen molar-refractivity contribution in [3.05, 3.63) is 47.2 Å². The minimum Gasteiger partial charge on any atom is -0.458 e. The number of carbonyl (C=O) groups is 1. The number of H-pyrrole nitrogens is 1. The van der Waals surface area contributed by atoms with E-state index >= 15 is 0 Å². The second-order valence-electron chi connectivity index (χ2n) is 10.1. The first-order valence-electron chi connectivity index (χ1n) is 13.0. The molecule has 1 N–H and O–H groups in total. The van der Waals surface area contributed by atoms with Crippen molar-refractivity contribution in [3.8, 4) is 17.6 Å². The van der Waals surface area contributed by atoms with E-state index in [4.69, 9.17) is 42.6 Å². The lowest BCUT2D eigenvalue weighted by Crippen LogP contribution is -2.48. The first-order chi connectivity index (χ1) is 19.3. The Morgan fingerprint density at radius 3 is 2.70 bits per heavy atom. The molecule has 2 saturated heterocycles. The Kier molecular flexibility index (Phi) is 7.11. The highest BCUT2D eigenvalue weighted by atomic mass is 35.5. The standard InChI is InChI=1S/C27H28Cl2N8O3/c1-4-21(38)36-7-9-37(10-8-36)25-16-5-6-30-26(40-24-17-12-31-34-19(17)11-18(28)22(24)29)23(16)32-27(33-25)39-20-14-35(3)13-15(20)2/h4-6,11-12,15,20H,1,7-10,13-14H2,2-3H3,(H,31,34)/t15-,20?/m1/s1. The van der Waals surface area contributed by atoms with Crippen LogP contribution in [0.25, 0.3) is 21.8 Å². The van der Waals surface area contributed by atoms with Gasteiger partial charge in [0.2, 0.25) is 11.8 Å². The van der Waals surface area contributed by atoms with Gasteiger partial charge in [-0.1, -0.05) is 36.7 Å². The van der Waals surface area contributed by atoms with Gasteiger partial charge in [-0.05, 0) is 25.3 Å². The van der Waals surface area contributed by atoms with Gasteiger partial charge in [-0.15, -0.1) is 0 Å². The second-order valence-corrected chi connectivity index (χ2v) is 10.9. The summed E-state index contributed by atoms with van der Waals surface area (Å²) in [4.78, 5) is 32.4. The van der Waals surface area contributed by atoms with Crippen LogP contribution in [0.15, 0.2) is 37.2 Å². The average Bonchev–Trinajstić information content (AvgIpc) is 3.55. The normalized spacial score (nSPS) is 19.9. The Balaban J connectivity index is 1.43. The SMILES string of the molecule is C=CC(=O)N1CCN(c2nc(OC3CN(C)C[C@H]3C)nc3c(Oc4c(Cl)c(Cl)cc5[nH]ncc45)nccc23)CC1. The number of piperazine rings is 1. The smallest absolute Gasteiger partial charge is 0.319 e. The molecule has 2 aliphatic heterocycles. The number of aromatic amines is 1. The number of benzene rings is 1. The lowest BCUT2D eigenvalue weighted by atomic mass is 10.1. The molecule has 0 spiro atoms. The van der Waals surface area contributed by atoms with Crippen LogP contribution in [0.4, 0.5) is 5.82 Å². The number of aromatic nitrogens is 5. The molecule has 40 heavy (non-hydrogen) atoms. The quantitative estimate of drug-likeness (QED) is 0.335. The van der Waals surface area contributed by atoms with Gasteiger partial charge < -0.3 is 24.2 Å². The van der Waals surface area contributed by atoms with Gasteiger partial charge in [0, 0.05) is 51.4 Å². The van der Waals surface area contributed by atoms with Gasteiger partial charge >= 0.3 is 6.01 Å². The Morgan fingerprint density at radius 1 is 1.18 bits per heavy atom. The number of amides is 1. The number of hydrogen-bond acceptors (Lipinski definition) is 9. The molecule has 0 bridgehead atoms. The van der Waals surface area contributed by atoms with Crippen molar-refractivity contribution in [2.24, 2.45) is 5.92 Å². The van der Waals surface area contributed by atoms with E-state index in [9.17, 15) is 4.79 Å².